The van der Waals surface area contributed by atoms with Crippen molar-refractivity contribution in [3.8, 4) is 17.1 Å². The fourth-order valence-electron chi connectivity index (χ4n) is 2.97. The van der Waals surface area contributed by atoms with Crippen LogP contribution in [0.2, 0.25) is 0 Å². The first-order valence-corrected chi connectivity index (χ1v) is 8.14. The molecular formula is C19H17FN4O. The number of benzene rings is 1. The Labute approximate surface area is 144 Å². The number of ether oxygens (including phenoxy) is 1. The van der Waals surface area contributed by atoms with Gasteiger partial charge in [0.2, 0.25) is 0 Å². The minimum absolute atomic E-state index is 0.0564. The van der Waals surface area contributed by atoms with Crippen LogP contribution in [0.3, 0.4) is 0 Å². The van der Waals surface area contributed by atoms with Crippen LogP contribution in [0.5, 0.6) is 5.75 Å². The zero-order chi connectivity index (χ0) is 17.2. The van der Waals surface area contributed by atoms with Crippen molar-refractivity contribution in [3.63, 3.8) is 0 Å². The van der Waals surface area contributed by atoms with Crippen molar-refractivity contribution in [3.05, 3.63) is 65.9 Å². The first-order chi connectivity index (χ1) is 12.2. The molecule has 0 saturated carbocycles. The minimum Gasteiger partial charge on any atom is -0.493 e. The number of nitrogens with zero attached hydrogens (tertiary/aromatic N) is 3. The first kappa shape index (κ1) is 15.5. The third-order valence-electron chi connectivity index (χ3n) is 4.13. The van der Waals surface area contributed by atoms with Crippen molar-refractivity contribution in [2.75, 3.05) is 11.9 Å². The van der Waals surface area contributed by atoms with Crippen LogP contribution >= 0.6 is 0 Å². The van der Waals surface area contributed by atoms with E-state index in [0.717, 1.165) is 23.2 Å². The molecule has 1 aliphatic rings. The Balaban J connectivity index is 1.66. The summed E-state index contributed by atoms with van der Waals surface area (Å²) in [6.45, 7) is 2.51. The highest BCUT2D eigenvalue weighted by Gasteiger charge is 2.22. The van der Waals surface area contributed by atoms with E-state index in [0.29, 0.717) is 24.0 Å². The maximum absolute atomic E-state index is 13.6. The fourth-order valence-corrected chi connectivity index (χ4v) is 2.97. The Bertz CT molecular complexity index is 901. The largest absolute Gasteiger partial charge is 0.493 e. The molecule has 0 fully saturated rings. The molecule has 6 heteroatoms. The van der Waals surface area contributed by atoms with E-state index < -0.39 is 0 Å². The van der Waals surface area contributed by atoms with Gasteiger partial charge in [-0.25, -0.2) is 14.4 Å². The number of hydrogen-bond acceptors (Lipinski definition) is 5. The SMILES string of the molecule is Cc1cc(NC2CCOc3ccc(F)cc32)nc(-c2ccncc2)n1. The number of fused-ring (bicyclic) bond motifs is 1. The molecule has 1 N–H and O–H groups in total. The topological polar surface area (TPSA) is 59.9 Å². The van der Waals surface area contributed by atoms with Gasteiger partial charge in [-0.2, -0.15) is 0 Å². The normalized spacial score (nSPS) is 16.0. The van der Waals surface area contributed by atoms with Crippen molar-refractivity contribution < 1.29 is 9.13 Å². The number of pyridine rings is 1. The van der Waals surface area contributed by atoms with Gasteiger partial charge in [-0.05, 0) is 37.3 Å². The summed E-state index contributed by atoms with van der Waals surface area (Å²) in [7, 11) is 0. The molecule has 0 spiro atoms. The molecule has 3 heterocycles. The number of aryl methyl sites for hydroxylation is 1. The van der Waals surface area contributed by atoms with Gasteiger partial charge in [0.15, 0.2) is 5.82 Å². The molecule has 2 aromatic heterocycles. The Hall–Kier alpha value is -3.02. The Morgan fingerprint density at radius 3 is 2.80 bits per heavy atom. The van der Waals surface area contributed by atoms with Crippen LogP contribution in [0.4, 0.5) is 10.2 Å². The van der Waals surface area contributed by atoms with Crippen molar-refractivity contribution in [1.82, 2.24) is 15.0 Å². The van der Waals surface area contributed by atoms with E-state index in [1.54, 1.807) is 18.5 Å². The summed E-state index contributed by atoms with van der Waals surface area (Å²) in [5.74, 6) is 1.79. The van der Waals surface area contributed by atoms with E-state index in [1.807, 2.05) is 25.1 Å². The van der Waals surface area contributed by atoms with Crippen LogP contribution in [-0.2, 0) is 0 Å². The van der Waals surface area contributed by atoms with Crippen molar-refractivity contribution in [2.45, 2.75) is 19.4 Å². The quantitative estimate of drug-likeness (QED) is 0.785. The molecule has 5 nitrogen and oxygen atoms in total. The average molecular weight is 336 g/mol. The van der Waals surface area contributed by atoms with Crippen molar-refractivity contribution >= 4 is 5.82 Å². The van der Waals surface area contributed by atoms with E-state index in [1.165, 1.54) is 12.1 Å². The van der Waals surface area contributed by atoms with Gasteiger partial charge in [0.25, 0.3) is 0 Å². The van der Waals surface area contributed by atoms with Crippen LogP contribution in [0, 0.1) is 12.7 Å². The second-order valence-corrected chi connectivity index (χ2v) is 5.97. The van der Waals surface area contributed by atoms with Gasteiger partial charge in [-0.1, -0.05) is 0 Å². The Morgan fingerprint density at radius 1 is 1.12 bits per heavy atom. The molecule has 4 rings (SSSR count). The summed E-state index contributed by atoms with van der Waals surface area (Å²) in [5.41, 5.74) is 2.57. The van der Waals surface area contributed by atoms with Crippen LogP contribution < -0.4 is 10.1 Å². The first-order valence-electron chi connectivity index (χ1n) is 8.14. The van der Waals surface area contributed by atoms with E-state index in [-0.39, 0.29) is 11.9 Å². The molecule has 25 heavy (non-hydrogen) atoms. The molecule has 3 aromatic rings. The predicted octanol–water partition coefficient (Wildman–Crippen LogP) is 3.92. The molecule has 0 amide bonds. The summed E-state index contributed by atoms with van der Waals surface area (Å²) >= 11 is 0. The summed E-state index contributed by atoms with van der Waals surface area (Å²) in [6.07, 6.45) is 4.17. The molecule has 126 valence electrons. The predicted molar refractivity (Wildman–Crippen MR) is 92.9 cm³/mol. The van der Waals surface area contributed by atoms with E-state index in [2.05, 4.69) is 20.3 Å². The highest BCUT2D eigenvalue weighted by molar-refractivity contribution is 5.57. The molecule has 1 atom stereocenters. The lowest BCUT2D eigenvalue weighted by molar-refractivity contribution is 0.273. The highest BCUT2D eigenvalue weighted by atomic mass is 19.1. The molecule has 0 aliphatic carbocycles. The van der Waals surface area contributed by atoms with Crippen LogP contribution in [0.1, 0.15) is 23.7 Å². The van der Waals surface area contributed by atoms with Gasteiger partial charge in [0.05, 0.1) is 12.6 Å². The third-order valence-corrected chi connectivity index (χ3v) is 4.13. The fraction of sp³-hybridized carbons (Fsp3) is 0.211. The van der Waals surface area contributed by atoms with Gasteiger partial charge in [0.1, 0.15) is 17.4 Å². The average Bonchev–Trinajstić information content (AvgIpc) is 2.62. The summed E-state index contributed by atoms with van der Waals surface area (Å²) in [4.78, 5) is 13.1. The Morgan fingerprint density at radius 2 is 1.96 bits per heavy atom. The number of halogens is 1. The lowest BCUT2D eigenvalue weighted by Crippen LogP contribution is -2.21. The van der Waals surface area contributed by atoms with Gasteiger partial charge in [0, 0.05) is 41.7 Å². The van der Waals surface area contributed by atoms with E-state index in [4.69, 9.17) is 4.74 Å². The summed E-state index contributed by atoms with van der Waals surface area (Å²) in [5, 5.41) is 3.40. The number of rotatable bonds is 3. The molecular weight excluding hydrogens is 319 g/mol. The number of hydrogen-bond donors (Lipinski definition) is 1. The maximum atomic E-state index is 13.6. The summed E-state index contributed by atoms with van der Waals surface area (Å²) < 4.78 is 19.3. The van der Waals surface area contributed by atoms with Crippen LogP contribution in [-0.4, -0.2) is 21.6 Å². The zero-order valence-corrected chi connectivity index (χ0v) is 13.7. The van der Waals surface area contributed by atoms with Gasteiger partial charge in [-0.15, -0.1) is 0 Å². The van der Waals surface area contributed by atoms with Crippen molar-refractivity contribution in [1.29, 1.82) is 0 Å². The monoisotopic (exact) mass is 336 g/mol. The second kappa shape index (κ2) is 6.47. The Kier molecular flexibility index (Phi) is 4.01. The zero-order valence-electron chi connectivity index (χ0n) is 13.7. The van der Waals surface area contributed by atoms with Crippen molar-refractivity contribution in [2.24, 2.45) is 0 Å². The van der Waals surface area contributed by atoms with E-state index in [9.17, 15) is 4.39 Å². The van der Waals surface area contributed by atoms with Crippen LogP contribution in [0.15, 0.2) is 48.8 Å². The van der Waals surface area contributed by atoms with Crippen LogP contribution in [0.25, 0.3) is 11.4 Å². The van der Waals surface area contributed by atoms with Gasteiger partial charge in [-0.3, -0.25) is 4.98 Å². The molecule has 0 bridgehead atoms. The standard InChI is InChI=1S/C19H17FN4O/c1-12-10-18(24-19(22-12)13-4-7-21-8-5-13)23-16-6-9-25-17-3-2-14(20)11-15(16)17/h2-5,7-8,10-11,16H,6,9H2,1H3,(H,22,23,24). The maximum Gasteiger partial charge on any atom is 0.161 e. The lowest BCUT2D eigenvalue weighted by Gasteiger charge is -2.27. The number of anilines is 1. The number of nitrogens with one attached hydrogen (secondary N) is 1. The summed E-state index contributed by atoms with van der Waals surface area (Å²) in [6, 6.07) is 10.2. The molecule has 0 radical (unpaired) electrons. The molecule has 0 saturated heterocycles. The highest BCUT2D eigenvalue weighted by Crippen LogP contribution is 2.34. The smallest absolute Gasteiger partial charge is 0.161 e. The van der Waals surface area contributed by atoms with Gasteiger partial charge >= 0.3 is 0 Å². The second-order valence-electron chi connectivity index (χ2n) is 5.97. The minimum atomic E-state index is -0.271. The molecule has 1 aliphatic heterocycles. The third kappa shape index (κ3) is 3.28. The van der Waals surface area contributed by atoms with Gasteiger partial charge < -0.3 is 10.1 Å². The molecule has 1 unspecified atom stereocenters. The lowest BCUT2D eigenvalue weighted by atomic mass is 10.0. The number of aromatic nitrogens is 3. The van der Waals surface area contributed by atoms with E-state index >= 15 is 0 Å². The molecule has 1 aromatic carbocycles.